The molecule has 1 N–H and O–H groups in total. The van der Waals surface area contributed by atoms with E-state index < -0.39 is 11.7 Å². The number of hydrogen-bond donors (Lipinski definition) is 1. The Balaban J connectivity index is 1.81. The monoisotopic (exact) mass is 346 g/mol. The van der Waals surface area contributed by atoms with Gasteiger partial charge in [0.2, 0.25) is 5.91 Å². The Bertz CT molecular complexity index is 823. The minimum atomic E-state index is -0.632. The highest BCUT2D eigenvalue weighted by Gasteiger charge is 2.23. The lowest BCUT2D eigenvalue weighted by Gasteiger charge is -2.19. The molecular weight excluding hydrogens is 331 g/mol. The summed E-state index contributed by atoms with van der Waals surface area (Å²) in [4.78, 5) is 25.8. The van der Waals surface area contributed by atoms with Crippen molar-refractivity contribution < 1.29 is 14.0 Å². The van der Waals surface area contributed by atoms with Crippen molar-refractivity contribution >= 4 is 34.8 Å². The van der Waals surface area contributed by atoms with Gasteiger partial charge in [-0.15, -0.1) is 0 Å². The van der Waals surface area contributed by atoms with Crippen molar-refractivity contribution in [2.24, 2.45) is 0 Å². The minimum Gasteiger partial charge on any atom is -0.322 e. The third-order valence-electron chi connectivity index (χ3n) is 3.99. The molecule has 0 bridgehead atoms. The number of amides is 2. The van der Waals surface area contributed by atoms with Crippen LogP contribution in [0.1, 0.15) is 28.8 Å². The SMILES string of the molecule is Cc1cc(NC(=O)c2cc(Cl)ccc2F)ccc1N1CCCC1=O. The zero-order valence-corrected chi connectivity index (χ0v) is 13.9. The average molecular weight is 347 g/mol. The number of carbonyl (C=O) groups excluding carboxylic acids is 2. The zero-order chi connectivity index (χ0) is 17.3. The first-order chi connectivity index (χ1) is 11.5. The van der Waals surface area contributed by atoms with Crippen molar-refractivity contribution in [2.75, 3.05) is 16.8 Å². The fourth-order valence-electron chi connectivity index (χ4n) is 2.81. The molecule has 1 fully saturated rings. The van der Waals surface area contributed by atoms with E-state index in [1.54, 1.807) is 23.1 Å². The van der Waals surface area contributed by atoms with E-state index in [2.05, 4.69) is 5.32 Å². The highest BCUT2D eigenvalue weighted by Crippen LogP contribution is 2.27. The van der Waals surface area contributed by atoms with Gasteiger partial charge in [-0.1, -0.05) is 11.6 Å². The van der Waals surface area contributed by atoms with Crippen molar-refractivity contribution in [1.82, 2.24) is 0 Å². The summed E-state index contributed by atoms with van der Waals surface area (Å²) in [5, 5.41) is 2.95. The summed E-state index contributed by atoms with van der Waals surface area (Å²) < 4.78 is 13.7. The van der Waals surface area contributed by atoms with E-state index in [9.17, 15) is 14.0 Å². The molecule has 3 rings (SSSR count). The summed E-state index contributed by atoms with van der Waals surface area (Å²) in [6, 6.07) is 9.10. The van der Waals surface area contributed by atoms with Gasteiger partial charge in [0.25, 0.3) is 5.91 Å². The van der Waals surface area contributed by atoms with Crippen molar-refractivity contribution in [1.29, 1.82) is 0 Å². The fraction of sp³-hybridized carbons (Fsp3) is 0.222. The summed E-state index contributed by atoms with van der Waals surface area (Å²) in [5.74, 6) is -1.09. The molecule has 1 saturated heterocycles. The van der Waals surface area contributed by atoms with Crippen molar-refractivity contribution in [3.63, 3.8) is 0 Å². The molecule has 0 spiro atoms. The molecule has 24 heavy (non-hydrogen) atoms. The Morgan fingerprint density at radius 1 is 1.25 bits per heavy atom. The summed E-state index contributed by atoms with van der Waals surface area (Å²) >= 11 is 5.81. The Morgan fingerprint density at radius 2 is 2.04 bits per heavy atom. The minimum absolute atomic E-state index is 0.107. The van der Waals surface area contributed by atoms with Gasteiger partial charge in [-0.05, 0) is 55.3 Å². The Labute approximate surface area is 144 Å². The summed E-state index contributed by atoms with van der Waals surface area (Å²) in [6.07, 6.45) is 1.41. The van der Waals surface area contributed by atoms with Gasteiger partial charge in [-0.25, -0.2) is 4.39 Å². The van der Waals surface area contributed by atoms with E-state index in [-0.39, 0.29) is 11.5 Å². The van der Waals surface area contributed by atoms with Crippen LogP contribution in [0.5, 0.6) is 0 Å². The van der Waals surface area contributed by atoms with Crippen LogP contribution in [0.25, 0.3) is 0 Å². The van der Waals surface area contributed by atoms with Crippen LogP contribution < -0.4 is 10.2 Å². The van der Waals surface area contributed by atoms with Gasteiger partial charge in [-0.3, -0.25) is 9.59 Å². The molecule has 6 heteroatoms. The molecule has 0 unspecified atom stereocenters. The zero-order valence-electron chi connectivity index (χ0n) is 13.1. The maximum atomic E-state index is 13.7. The predicted molar refractivity (Wildman–Crippen MR) is 92.1 cm³/mol. The molecule has 1 aliphatic rings. The second-order valence-electron chi connectivity index (χ2n) is 5.73. The first-order valence-corrected chi connectivity index (χ1v) is 8.01. The number of nitrogens with zero attached hydrogens (tertiary/aromatic N) is 1. The topological polar surface area (TPSA) is 49.4 Å². The lowest BCUT2D eigenvalue weighted by atomic mass is 10.1. The van der Waals surface area contributed by atoms with Gasteiger partial charge >= 0.3 is 0 Å². The summed E-state index contributed by atoms with van der Waals surface area (Å²) in [6.45, 7) is 2.58. The largest absolute Gasteiger partial charge is 0.322 e. The normalized spacial score (nSPS) is 14.1. The highest BCUT2D eigenvalue weighted by atomic mass is 35.5. The average Bonchev–Trinajstić information content (AvgIpc) is 2.96. The molecule has 0 radical (unpaired) electrons. The van der Waals surface area contributed by atoms with E-state index >= 15 is 0 Å². The van der Waals surface area contributed by atoms with E-state index in [0.29, 0.717) is 23.7 Å². The number of hydrogen-bond acceptors (Lipinski definition) is 2. The van der Waals surface area contributed by atoms with E-state index in [0.717, 1.165) is 23.7 Å². The van der Waals surface area contributed by atoms with Crippen LogP contribution in [0.4, 0.5) is 15.8 Å². The van der Waals surface area contributed by atoms with E-state index in [1.165, 1.54) is 12.1 Å². The van der Waals surface area contributed by atoms with Gasteiger partial charge in [0.05, 0.1) is 5.56 Å². The third kappa shape index (κ3) is 3.26. The number of carbonyl (C=O) groups is 2. The van der Waals surface area contributed by atoms with Crippen LogP contribution in [0.3, 0.4) is 0 Å². The van der Waals surface area contributed by atoms with Crippen molar-refractivity contribution in [2.45, 2.75) is 19.8 Å². The lowest BCUT2D eigenvalue weighted by molar-refractivity contribution is -0.117. The summed E-state index contributed by atoms with van der Waals surface area (Å²) in [7, 11) is 0. The van der Waals surface area contributed by atoms with E-state index in [4.69, 9.17) is 11.6 Å². The Morgan fingerprint density at radius 3 is 2.71 bits per heavy atom. The van der Waals surface area contributed by atoms with Crippen molar-refractivity contribution in [3.8, 4) is 0 Å². The van der Waals surface area contributed by atoms with Gasteiger partial charge in [0.15, 0.2) is 0 Å². The van der Waals surface area contributed by atoms with Crippen LogP contribution in [0.2, 0.25) is 5.02 Å². The lowest BCUT2D eigenvalue weighted by Crippen LogP contribution is -2.24. The van der Waals surface area contributed by atoms with Crippen LogP contribution in [0.15, 0.2) is 36.4 Å². The van der Waals surface area contributed by atoms with Crippen LogP contribution in [0, 0.1) is 12.7 Å². The first kappa shape index (κ1) is 16.5. The first-order valence-electron chi connectivity index (χ1n) is 7.63. The Kier molecular flexibility index (Phi) is 4.53. The van der Waals surface area contributed by atoms with Gasteiger partial charge < -0.3 is 10.2 Å². The van der Waals surface area contributed by atoms with Crippen LogP contribution in [-0.4, -0.2) is 18.4 Å². The molecule has 0 atom stereocenters. The number of benzene rings is 2. The smallest absolute Gasteiger partial charge is 0.258 e. The molecule has 2 aromatic rings. The van der Waals surface area contributed by atoms with E-state index in [1.807, 2.05) is 6.92 Å². The number of nitrogens with one attached hydrogen (secondary N) is 1. The van der Waals surface area contributed by atoms with Gasteiger partial charge in [0, 0.05) is 29.4 Å². The second kappa shape index (κ2) is 6.61. The quantitative estimate of drug-likeness (QED) is 0.907. The molecule has 2 amide bonds. The molecular formula is C18H16ClFN2O2. The molecule has 124 valence electrons. The number of anilines is 2. The van der Waals surface area contributed by atoms with Crippen molar-refractivity contribution in [3.05, 3.63) is 58.4 Å². The summed E-state index contributed by atoms with van der Waals surface area (Å²) in [5.41, 5.74) is 2.13. The number of halogens is 2. The Hall–Kier alpha value is -2.40. The van der Waals surface area contributed by atoms with Gasteiger partial charge in [0.1, 0.15) is 5.82 Å². The highest BCUT2D eigenvalue weighted by molar-refractivity contribution is 6.31. The number of aryl methyl sites for hydroxylation is 1. The van der Waals surface area contributed by atoms with Crippen LogP contribution >= 0.6 is 11.6 Å². The molecule has 1 heterocycles. The molecule has 0 saturated carbocycles. The fourth-order valence-corrected chi connectivity index (χ4v) is 2.98. The van der Waals surface area contributed by atoms with Gasteiger partial charge in [-0.2, -0.15) is 0 Å². The second-order valence-corrected chi connectivity index (χ2v) is 6.16. The maximum absolute atomic E-state index is 13.7. The maximum Gasteiger partial charge on any atom is 0.258 e. The predicted octanol–water partition coefficient (Wildman–Crippen LogP) is 4.17. The third-order valence-corrected chi connectivity index (χ3v) is 4.23. The molecule has 4 nitrogen and oxygen atoms in total. The molecule has 0 aliphatic carbocycles. The molecule has 2 aromatic carbocycles. The number of rotatable bonds is 3. The van der Waals surface area contributed by atoms with Crippen LogP contribution in [-0.2, 0) is 4.79 Å². The standard InChI is InChI=1S/C18H16ClFN2O2/c1-11-9-13(5-7-16(11)22-8-2-3-17(22)23)21-18(24)14-10-12(19)4-6-15(14)20/h4-7,9-10H,2-3,8H2,1H3,(H,21,24). The molecule has 1 aliphatic heterocycles. The molecule has 0 aromatic heterocycles.